The Labute approximate surface area is 180 Å². The van der Waals surface area contributed by atoms with Gasteiger partial charge < -0.3 is 0 Å². The fourth-order valence-corrected chi connectivity index (χ4v) is 1.92. The van der Waals surface area contributed by atoms with Crippen LogP contribution >= 0.6 is 0 Å². The van der Waals surface area contributed by atoms with Gasteiger partial charge in [0, 0.05) is 0 Å². The average molecular weight is 432 g/mol. The summed E-state index contributed by atoms with van der Waals surface area (Å²) in [5, 5.41) is 0. The third kappa shape index (κ3) is 30.5. The Kier molecular flexibility index (Phi) is 51.9. The Hall–Kier alpha value is -2.42. The van der Waals surface area contributed by atoms with Gasteiger partial charge in [0.05, 0.1) is 0 Å². The van der Waals surface area contributed by atoms with Crippen molar-refractivity contribution in [1.29, 1.82) is 0 Å². The monoisotopic (exact) mass is 432 g/mol. The molecule has 0 radical (unpaired) electrons. The van der Waals surface area contributed by atoms with Crippen molar-refractivity contribution in [1.82, 2.24) is 0 Å². The van der Waals surface area contributed by atoms with E-state index in [-0.39, 0.29) is 0 Å². The summed E-state index contributed by atoms with van der Waals surface area (Å²) >= 11 is 2.86. The van der Waals surface area contributed by atoms with Crippen LogP contribution in [0.2, 0.25) is 0 Å². The molecule has 0 saturated carbocycles. The molecule has 0 bridgehead atoms. The topological polar surface area (TPSA) is 109 Å². The molecule has 0 atom stereocenters. The van der Waals surface area contributed by atoms with E-state index in [1.807, 2.05) is 13.0 Å². The molecule has 0 aliphatic carbocycles. The molecule has 29 heavy (non-hydrogen) atoms. The molecule has 150 valence electrons. The summed E-state index contributed by atoms with van der Waals surface area (Å²) in [5.74, 6) is 6.04. The predicted octanol–water partition coefficient (Wildman–Crippen LogP) is 3.27. The first-order valence-electron chi connectivity index (χ1n) is 7.50. The van der Waals surface area contributed by atoms with Crippen LogP contribution in [0.5, 0.6) is 0 Å². The summed E-state index contributed by atoms with van der Waals surface area (Å²) in [6, 6.07) is 8.77. The van der Waals surface area contributed by atoms with Crippen molar-refractivity contribution >= 4 is 4.57 Å². The van der Waals surface area contributed by atoms with Crippen molar-refractivity contribution in [3.8, 4) is 11.8 Å². The zero-order valence-electron chi connectivity index (χ0n) is 16.2. The second-order valence-electron chi connectivity index (χ2n) is 4.21. The van der Waals surface area contributed by atoms with Crippen molar-refractivity contribution in [2.24, 2.45) is 0 Å². The first-order valence-corrected chi connectivity index (χ1v) is 8.14. The molecule has 1 aromatic carbocycles. The summed E-state index contributed by atoms with van der Waals surface area (Å²) in [7, 11) is 1.67. The minimum atomic E-state index is 0.826. The van der Waals surface area contributed by atoms with Crippen LogP contribution in [-0.2, 0) is 56.7 Å². The maximum atomic E-state index is 7.50. The first-order chi connectivity index (χ1) is 14.3. The molecule has 0 saturated heterocycles. The third-order valence-electron chi connectivity index (χ3n) is 2.76. The Balaban J connectivity index is -0.000000167. The summed E-state index contributed by atoms with van der Waals surface area (Å²) < 4.78 is 43.4. The molecule has 0 aromatic heterocycles. The maximum absolute atomic E-state index is 7.50. The zero-order valence-corrected chi connectivity index (χ0v) is 17.4. The van der Waals surface area contributed by atoms with Crippen LogP contribution < -0.4 is 0 Å². The summed E-state index contributed by atoms with van der Waals surface area (Å²) in [6.45, 7) is 24.4. The number of methoxy groups -OCH3 is 1. The number of allylic oxidation sites excluding steroid dienone is 1. The van der Waals surface area contributed by atoms with Crippen LogP contribution in [0.15, 0.2) is 36.4 Å². The van der Waals surface area contributed by atoms with Crippen molar-refractivity contribution in [3.05, 3.63) is 80.8 Å². The van der Waals surface area contributed by atoms with Crippen LogP contribution in [0.1, 0.15) is 30.9 Å². The number of hydrogen-bond acceptors (Lipinski definition) is 1. The molecule has 0 amide bonds. The number of rotatable bonds is 7. The molecule has 0 N–H and O–H groups in total. The van der Waals surface area contributed by atoms with Gasteiger partial charge in [-0.15, -0.1) is 0 Å². The molecule has 0 unspecified atom stereocenters. The average Bonchev–Trinajstić information content (AvgIpc) is 2.83. The van der Waals surface area contributed by atoms with E-state index in [1.165, 1.54) is 11.1 Å². The molecular weight excluding hydrogens is 412 g/mol. The molecular formula is C22H20CrO6. The van der Waals surface area contributed by atoms with Crippen LogP contribution in [0.25, 0.3) is 0 Å². The van der Waals surface area contributed by atoms with Crippen molar-refractivity contribution in [2.75, 3.05) is 7.11 Å². The normalized spacial score (nSPS) is 7.03. The third-order valence-corrected chi connectivity index (χ3v) is 3.23. The predicted molar refractivity (Wildman–Crippen MR) is 97.3 cm³/mol. The molecule has 7 heteroatoms. The minimum absolute atomic E-state index is 0.826. The van der Waals surface area contributed by atoms with Crippen molar-refractivity contribution in [3.63, 3.8) is 0 Å². The molecule has 1 rings (SSSR count). The number of ether oxygens (including phenoxy) is 1. The SMILES string of the molecule is CC#CCCc1cccc(CC/C=C/[C](=[Cr])OC)c1.[C-]#[O+].[C-]#[O+].[C-]#[O+].[C-]#[O+].[C-]#[O+]. The van der Waals surface area contributed by atoms with E-state index < -0.39 is 0 Å². The van der Waals surface area contributed by atoms with E-state index in [9.17, 15) is 0 Å². The fourth-order valence-electron chi connectivity index (χ4n) is 1.77. The van der Waals surface area contributed by atoms with Gasteiger partial charge in [0.25, 0.3) is 0 Å². The molecule has 0 spiro atoms. The summed E-state index contributed by atoms with van der Waals surface area (Å²) in [5.41, 5.74) is 2.75. The van der Waals surface area contributed by atoms with Gasteiger partial charge in [-0.1, -0.05) is 0 Å². The van der Waals surface area contributed by atoms with Gasteiger partial charge in [-0.2, -0.15) is 0 Å². The van der Waals surface area contributed by atoms with Gasteiger partial charge in [-0.3, -0.25) is 0 Å². The van der Waals surface area contributed by atoms with Gasteiger partial charge in [0.15, 0.2) is 0 Å². The summed E-state index contributed by atoms with van der Waals surface area (Å²) in [4.78, 5) is 0. The number of hydrogen-bond donors (Lipinski definition) is 0. The van der Waals surface area contributed by atoms with Crippen LogP contribution in [0.3, 0.4) is 0 Å². The van der Waals surface area contributed by atoms with Crippen LogP contribution in [0.4, 0.5) is 0 Å². The van der Waals surface area contributed by atoms with E-state index in [0.717, 1.165) is 30.2 Å². The standard InChI is InChI=1S/C17H20O.5CO.Cr/c1-3-4-6-10-16-12-9-13-17(15-16)11-7-5-8-14-18-2;5*1-2;/h5,8-9,12-13,15H,6-7,10-11H2,1-2H3;;;;;;/b8-5+;;;;;;. The van der Waals surface area contributed by atoms with Gasteiger partial charge >= 0.3 is 174 Å². The first kappa shape index (κ1) is 37.3. The van der Waals surface area contributed by atoms with Crippen molar-refractivity contribution in [2.45, 2.75) is 32.6 Å². The Morgan fingerprint density at radius 2 is 1.45 bits per heavy atom. The fraction of sp³-hybridized carbons (Fsp3) is 0.273. The second kappa shape index (κ2) is 40.3. The molecule has 0 aliphatic rings. The van der Waals surface area contributed by atoms with Crippen LogP contribution in [-0.4, -0.2) is 11.7 Å². The van der Waals surface area contributed by atoms with Gasteiger partial charge in [0.2, 0.25) is 0 Å². The number of benzene rings is 1. The Morgan fingerprint density at radius 1 is 0.966 bits per heavy atom. The molecule has 0 fully saturated rings. The van der Waals surface area contributed by atoms with E-state index in [1.54, 1.807) is 7.11 Å². The molecule has 1 aromatic rings. The van der Waals surface area contributed by atoms with Crippen LogP contribution in [0, 0.1) is 45.1 Å². The van der Waals surface area contributed by atoms with E-state index >= 15 is 0 Å². The van der Waals surface area contributed by atoms with Gasteiger partial charge in [-0.25, -0.2) is 0 Å². The molecule has 0 heterocycles. The van der Waals surface area contributed by atoms with Crippen molar-refractivity contribution < 1.29 is 43.8 Å². The summed E-state index contributed by atoms with van der Waals surface area (Å²) in [6.07, 6.45) is 8.16. The molecule has 6 nitrogen and oxygen atoms in total. The van der Waals surface area contributed by atoms with E-state index in [2.05, 4.69) is 91.3 Å². The molecule has 0 aliphatic heterocycles. The second-order valence-corrected chi connectivity index (χ2v) is 4.84. The van der Waals surface area contributed by atoms with Gasteiger partial charge in [0.1, 0.15) is 0 Å². The Morgan fingerprint density at radius 3 is 1.90 bits per heavy atom. The Bertz CT molecular complexity index is 665. The van der Waals surface area contributed by atoms with E-state index in [0.29, 0.717) is 0 Å². The van der Waals surface area contributed by atoms with Gasteiger partial charge in [-0.05, 0) is 6.92 Å². The zero-order chi connectivity index (χ0) is 23.9. The van der Waals surface area contributed by atoms with E-state index in [4.69, 9.17) is 28.0 Å². The quantitative estimate of drug-likeness (QED) is 0.368. The number of aryl methyl sites for hydroxylation is 2.